The van der Waals surface area contributed by atoms with Crippen molar-refractivity contribution in [3.05, 3.63) is 26.0 Å². The van der Waals surface area contributed by atoms with Crippen LogP contribution < -0.4 is 0 Å². The van der Waals surface area contributed by atoms with Crippen LogP contribution in [-0.4, -0.2) is 0 Å². The van der Waals surface area contributed by atoms with E-state index in [1.165, 1.54) is 116 Å². The summed E-state index contributed by atoms with van der Waals surface area (Å²) in [6.45, 7) is 7.78. The molecule has 0 saturated carbocycles. The standard InChI is InChI=1S/C24H46/c1-3-5-7-9-11-13-15-17-19-21-23-24-22-20-18-16-14-12-10-8-6-4-2/h11,13H,1-10,12,14-24H2. The van der Waals surface area contributed by atoms with Crippen LogP contribution in [0.2, 0.25) is 0 Å². The highest BCUT2D eigenvalue weighted by Crippen LogP contribution is 2.13. The molecule has 0 aliphatic rings. The molecule has 0 heterocycles. The molecule has 0 aromatic carbocycles. The second-order valence-corrected chi connectivity index (χ2v) is 7.41. The van der Waals surface area contributed by atoms with Crippen LogP contribution in [-0.2, 0) is 0 Å². The average molecular weight is 335 g/mol. The number of hydrogen-bond acceptors (Lipinski definition) is 0. The van der Waals surface area contributed by atoms with Crippen molar-refractivity contribution in [1.82, 2.24) is 0 Å². The molecule has 24 heavy (non-hydrogen) atoms. The summed E-state index contributed by atoms with van der Waals surface area (Å²) < 4.78 is 0. The molecular weight excluding hydrogens is 288 g/mol. The largest absolute Gasteiger partial charge is 0.0885 e. The van der Waals surface area contributed by atoms with Crippen LogP contribution in [0.3, 0.4) is 0 Å². The molecule has 0 aromatic heterocycles. The molecular formula is C24H46. The van der Waals surface area contributed by atoms with Crippen LogP contribution in [0, 0.1) is 13.8 Å². The van der Waals surface area contributed by atoms with Gasteiger partial charge in [-0.15, -0.1) is 0 Å². The molecule has 0 unspecified atom stereocenters. The van der Waals surface area contributed by atoms with Crippen molar-refractivity contribution in [1.29, 1.82) is 0 Å². The van der Waals surface area contributed by atoms with Gasteiger partial charge in [-0.1, -0.05) is 129 Å². The van der Waals surface area contributed by atoms with E-state index in [4.69, 9.17) is 0 Å². The molecule has 0 N–H and O–H groups in total. The third-order valence-corrected chi connectivity index (χ3v) is 4.91. The zero-order valence-electron chi connectivity index (χ0n) is 16.7. The third kappa shape index (κ3) is 21.7. The van der Waals surface area contributed by atoms with Crippen molar-refractivity contribution >= 4 is 0 Å². The first-order valence-electron chi connectivity index (χ1n) is 11.1. The molecule has 0 saturated heterocycles. The Labute approximate surface area is 154 Å². The van der Waals surface area contributed by atoms with Gasteiger partial charge >= 0.3 is 0 Å². The quantitative estimate of drug-likeness (QED) is 0.154. The van der Waals surface area contributed by atoms with Gasteiger partial charge in [0.2, 0.25) is 0 Å². The average Bonchev–Trinajstić information content (AvgIpc) is 2.60. The lowest BCUT2D eigenvalue weighted by atomic mass is 10.0. The van der Waals surface area contributed by atoms with Crippen molar-refractivity contribution in [2.45, 2.75) is 128 Å². The van der Waals surface area contributed by atoms with Gasteiger partial charge < -0.3 is 0 Å². The summed E-state index contributed by atoms with van der Waals surface area (Å²) in [6, 6.07) is 0. The number of hydrogen-bond donors (Lipinski definition) is 0. The number of unbranched alkanes of at least 4 members (excludes halogenated alkanes) is 18. The highest BCUT2D eigenvalue weighted by Gasteiger charge is 1.94. The van der Waals surface area contributed by atoms with Crippen molar-refractivity contribution in [3.8, 4) is 0 Å². The maximum atomic E-state index is 3.90. The predicted molar refractivity (Wildman–Crippen MR) is 112 cm³/mol. The van der Waals surface area contributed by atoms with Gasteiger partial charge in [-0.2, -0.15) is 0 Å². The lowest BCUT2D eigenvalue weighted by Crippen LogP contribution is -1.83. The minimum Gasteiger partial charge on any atom is -0.0885 e. The predicted octanol–water partition coefficient (Wildman–Crippen LogP) is 9.01. The van der Waals surface area contributed by atoms with E-state index in [-0.39, 0.29) is 0 Å². The lowest BCUT2D eigenvalue weighted by Gasteiger charge is -2.03. The molecule has 0 heteroatoms. The van der Waals surface area contributed by atoms with E-state index < -0.39 is 0 Å². The van der Waals surface area contributed by atoms with Gasteiger partial charge in [0.25, 0.3) is 0 Å². The first kappa shape index (κ1) is 23.7. The van der Waals surface area contributed by atoms with Crippen LogP contribution in [0.1, 0.15) is 128 Å². The minimum absolute atomic E-state index is 1.09. The Morgan fingerprint density at radius 3 is 0.958 bits per heavy atom. The van der Waals surface area contributed by atoms with Gasteiger partial charge in [-0.3, -0.25) is 0 Å². The van der Waals surface area contributed by atoms with E-state index in [0.717, 1.165) is 12.8 Å². The highest BCUT2D eigenvalue weighted by molar-refractivity contribution is 4.81. The van der Waals surface area contributed by atoms with Gasteiger partial charge in [0.1, 0.15) is 0 Å². The SMILES string of the molecule is [CH2]CCCCC=CCCCCCCCCCCCCCCCC[CH2]. The molecule has 0 aliphatic carbocycles. The van der Waals surface area contributed by atoms with Gasteiger partial charge in [0.15, 0.2) is 0 Å². The molecule has 0 spiro atoms. The fourth-order valence-electron chi connectivity index (χ4n) is 3.23. The van der Waals surface area contributed by atoms with Crippen LogP contribution in [0.5, 0.6) is 0 Å². The van der Waals surface area contributed by atoms with E-state index in [9.17, 15) is 0 Å². The topological polar surface area (TPSA) is 0 Å². The van der Waals surface area contributed by atoms with E-state index in [2.05, 4.69) is 26.0 Å². The van der Waals surface area contributed by atoms with E-state index in [0.29, 0.717) is 0 Å². The first-order chi connectivity index (χ1) is 11.9. The summed E-state index contributed by atoms with van der Waals surface area (Å²) in [5.74, 6) is 0. The van der Waals surface area contributed by atoms with Gasteiger partial charge in [-0.25, -0.2) is 0 Å². The lowest BCUT2D eigenvalue weighted by molar-refractivity contribution is 0.534. The molecule has 0 rings (SSSR count). The van der Waals surface area contributed by atoms with E-state index in [1.807, 2.05) is 0 Å². The van der Waals surface area contributed by atoms with Gasteiger partial charge in [-0.05, 0) is 25.7 Å². The molecule has 0 aliphatic heterocycles. The Balaban J connectivity index is 3.00. The Morgan fingerprint density at radius 2 is 0.583 bits per heavy atom. The van der Waals surface area contributed by atoms with Crippen LogP contribution in [0.15, 0.2) is 12.2 Å². The Bertz CT molecular complexity index is 228. The summed E-state index contributed by atoms with van der Waals surface area (Å²) in [6.07, 6.45) is 32.2. The summed E-state index contributed by atoms with van der Waals surface area (Å²) in [5.41, 5.74) is 0. The molecule has 0 fully saturated rings. The molecule has 0 amide bonds. The zero-order chi connectivity index (χ0) is 17.6. The summed E-state index contributed by atoms with van der Waals surface area (Å²) in [7, 11) is 0. The van der Waals surface area contributed by atoms with Crippen LogP contribution in [0.25, 0.3) is 0 Å². The normalized spacial score (nSPS) is 11.6. The molecule has 0 nitrogen and oxygen atoms in total. The molecule has 0 bridgehead atoms. The first-order valence-corrected chi connectivity index (χ1v) is 11.1. The molecule has 0 atom stereocenters. The summed E-state index contributed by atoms with van der Waals surface area (Å²) in [5, 5.41) is 0. The Kier molecular flexibility index (Phi) is 22.5. The maximum absolute atomic E-state index is 3.90. The fraction of sp³-hybridized carbons (Fsp3) is 0.833. The van der Waals surface area contributed by atoms with Crippen molar-refractivity contribution < 1.29 is 0 Å². The summed E-state index contributed by atoms with van der Waals surface area (Å²) in [4.78, 5) is 0. The smallest absolute Gasteiger partial charge is 0.0351 e. The summed E-state index contributed by atoms with van der Waals surface area (Å²) >= 11 is 0. The van der Waals surface area contributed by atoms with E-state index >= 15 is 0 Å². The van der Waals surface area contributed by atoms with Crippen molar-refractivity contribution in [2.24, 2.45) is 0 Å². The molecule has 142 valence electrons. The molecule has 0 aromatic rings. The van der Waals surface area contributed by atoms with E-state index in [1.54, 1.807) is 0 Å². The van der Waals surface area contributed by atoms with Crippen molar-refractivity contribution in [3.63, 3.8) is 0 Å². The maximum Gasteiger partial charge on any atom is -0.0351 e. The van der Waals surface area contributed by atoms with Gasteiger partial charge in [0, 0.05) is 0 Å². The zero-order valence-corrected chi connectivity index (χ0v) is 16.7. The molecule has 2 radical (unpaired) electrons. The minimum atomic E-state index is 1.09. The van der Waals surface area contributed by atoms with Gasteiger partial charge in [0.05, 0.1) is 0 Å². The second kappa shape index (κ2) is 22.7. The second-order valence-electron chi connectivity index (χ2n) is 7.41. The highest BCUT2D eigenvalue weighted by atomic mass is 14.0. The third-order valence-electron chi connectivity index (χ3n) is 4.91. The van der Waals surface area contributed by atoms with Crippen LogP contribution >= 0.6 is 0 Å². The Morgan fingerprint density at radius 1 is 0.333 bits per heavy atom. The number of allylic oxidation sites excluding steroid dienone is 2. The fourth-order valence-corrected chi connectivity index (χ4v) is 3.23. The monoisotopic (exact) mass is 334 g/mol. The van der Waals surface area contributed by atoms with Crippen LogP contribution in [0.4, 0.5) is 0 Å². The van der Waals surface area contributed by atoms with Crippen molar-refractivity contribution in [2.75, 3.05) is 0 Å². The Hall–Kier alpha value is -0.260. The number of rotatable bonds is 20.